The van der Waals surface area contributed by atoms with Crippen LogP contribution in [-0.2, 0) is 4.79 Å². The van der Waals surface area contributed by atoms with Gasteiger partial charge in [-0.05, 0) is 12.1 Å². The van der Waals surface area contributed by atoms with E-state index in [1.165, 1.54) is 0 Å². The summed E-state index contributed by atoms with van der Waals surface area (Å²) >= 11 is 0. The van der Waals surface area contributed by atoms with Crippen LogP contribution in [0.3, 0.4) is 0 Å². The Labute approximate surface area is 89.3 Å². The first-order chi connectivity index (χ1) is 7.36. The molecule has 0 aliphatic carbocycles. The lowest BCUT2D eigenvalue weighted by Crippen LogP contribution is -2.34. The van der Waals surface area contributed by atoms with E-state index in [9.17, 15) is 18.7 Å². The molecule has 2 unspecified atom stereocenters. The van der Waals surface area contributed by atoms with Crippen molar-refractivity contribution in [1.82, 2.24) is 0 Å². The van der Waals surface area contributed by atoms with E-state index in [0.717, 1.165) is 12.1 Å². The fourth-order valence-electron chi connectivity index (χ4n) is 1.17. The van der Waals surface area contributed by atoms with E-state index < -0.39 is 41.0 Å². The highest BCUT2D eigenvalue weighted by Gasteiger charge is 2.29. The fourth-order valence-corrected chi connectivity index (χ4v) is 1.17. The van der Waals surface area contributed by atoms with Crippen LogP contribution in [0.15, 0.2) is 12.1 Å². The van der Waals surface area contributed by atoms with Crippen LogP contribution in [0.1, 0.15) is 11.7 Å². The van der Waals surface area contributed by atoms with E-state index in [2.05, 4.69) is 5.73 Å². The Kier molecular flexibility index (Phi) is 3.41. The normalized spacial score (nSPS) is 14.5. The van der Waals surface area contributed by atoms with E-state index in [0.29, 0.717) is 0 Å². The SMILES string of the molecule is NC(=O)C(O)C(O)c1c(F)ccc(N)c1F. The van der Waals surface area contributed by atoms with Crippen molar-refractivity contribution in [2.24, 2.45) is 5.73 Å². The lowest BCUT2D eigenvalue weighted by molar-refractivity contribution is -0.132. The summed E-state index contributed by atoms with van der Waals surface area (Å²) in [4.78, 5) is 10.6. The summed E-state index contributed by atoms with van der Waals surface area (Å²) in [5.74, 6) is -3.65. The van der Waals surface area contributed by atoms with Crippen molar-refractivity contribution in [3.63, 3.8) is 0 Å². The third-order valence-corrected chi connectivity index (χ3v) is 2.04. The number of rotatable bonds is 3. The third-order valence-electron chi connectivity index (χ3n) is 2.04. The third kappa shape index (κ3) is 2.10. The molecule has 0 saturated carbocycles. The van der Waals surface area contributed by atoms with Gasteiger partial charge in [-0.15, -0.1) is 0 Å². The zero-order valence-electron chi connectivity index (χ0n) is 8.02. The highest BCUT2D eigenvalue weighted by Crippen LogP contribution is 2.26. The van der Waals surface area contributed by atoms with Gasteiger partial charge in [0.1, 0.15) is 11.9 Å². The molecule has 1 amide bonds. The summed E-state index contributed by atoms with van der Waals surface area (Å²) in [6.07, 6.45) is -4.20. The number of carbonyl (C=O) groups is 1. The van der Waals surface area contributed by atoms with Crippen LogP contribution in [0, 0.1) is 11.6 Å². The first-order valence-electron chi connectivity index (χ1n) is 4.25. The van der Waals surface area contributed by atoms with Gasteiger partial charge in [-0.25, -0.2) is 8.78 Å². The van der Waals surface area contributed by atoms with Gasteiger partial charge in [0.05, 0.1) is 11.3 Å². The van der Waals surface area contributed by atoms with E-state index in [-0.39, 0.29) is 0 Å². The number of anilines is 1. The molecule has 16 heavy (non-hydrogen) atoms. The maximum atomic E-state index is 13.3. The second-order valence-electron chi connectivity index (χ2n) is 3.16. The van der Waals surface area contributed by atoms with E-state index in [4.69, 9.17) is 10.8 Å². The number of aliphatic hydroxyl groups excluding tert-OH is 2. The predicted molar refractivity (Wildman–Crippen MR) is 50.9 cm³/mol. The topological polar surface area (TPSA) is 110 Å². The van der Waals surface area contributed by atoms with Crippen molar-refractivity contribution >= 4 is 11.6 Å². The van der Waals surface area contributed by atoms with Gasteiger partial charge in [-0.2, -0.15) is 0 Å². The van der Waals surface area contributed by atoms with E-state index in [1.54, 1.807) is 0 Å². The molecule has 0 radical (unpaired) electrons. The summed E-state index contributed by atoms with van der Waals surface area (Å²) in [5.41, 5.74) is 8.55. The Bertz CT molecular complexity index is 425. The van der Waals surface area contributed by atoms with Gasteiger partial charge in [-0.3, -0.25) is 4.79 Å². The van der Waals surface area contributed by atoms with E-state index >= 15 is 0 Å². The standard InChI is InChI=1S/C9H10F2N2O3/c10-3-1-2-4(12)6(11)5(3)7(14)8(15)9(13)16/h1-2,7-8,14-15H,12H2,(H2,13,16). The molecule has 0 aliphatic heterocycles. The van der Waals surface area contributed by atoms with Gasteiger partial charge >= 0.3 is 0 Å². The molecule has 0 aromatic heterocycles. The quantitative estimate of drug-likeness (QED) is 0.523. The molecular weight excluding hydrogens is 222 g/mol. The Hall–Kier alpha value is -1.73. The van der Waals surface area contributed by atoms with Crippen molar-refractivity contribution in [1.29, 1.82) is 0 Å². The molecule has 88 valence electrons. The van der Waals surface area contributed by atoms with Crippen molar-refractivity contribution in [2.45, 2.75) is 12.2 Å². The van der Waals surface area contributed by atoms with Gasteiger partial charge in [0.15, 0.2) is 11.9 Å². The fraction of sp³-hybridized carbons (Fsp3) is 0.222. The first kappa shape index (κ1) is 12.3. The number of aliphatic hydroxyl groups is 2. The van der Waals surface area contributed by atoms with Gasteiger partial charge in [0, 0.05) is 0 Å². The molecule has 5 nitrogen and oxygen atoms in total. The second-order valence-corrected chi connectivity index (χ2v) is 3.16. The number of nitrogens with two attached hydrogens (primary N) is 2. The molecule has 1 rings (SSSR count). The monoisotopic (exact) mass is 232 g/mol. The average molecular weight is 232 g/mol. The molecule has 0 saturated heterocycles. The molecule has 0 aliphatic rings. The highest BCUT2D eigenvalue weighted by molar-refractivity contribution is 5.79. The summed E-state index contributed by atoms with van der Waals surface area (Å²) in [6, 6.07) is 1.77. The molecular formula is C9H10F2N2O3. The molecule has 6 N–H and O–H groups in total. The largest absolute Gasteiger partial charge is 0.396 e. The van der Waals surface area contributed by atoms with Crippen LogP contribution in [0.4, 0.5) is 14.5 Å². The number of halogens is 2. The minimum absolute atomic E-state index is 0.410. The van der Waals surface area contributed by atoms with Crippen LogP contribution >= 0.6 is 0 Å². The number of hydrogen-bond acceptors (Lipinski definition) is 4. The van der Waals surface area contributed by atoms with Crippen molar-refractivity contribution in [3.05, 3.63) is 29.3 Å². The van der Waals surface area contributed by atoms with Crippen LogP contribution < -0.4 is 11.5 Å². The van der Waals surface area contributed by atoms with Gasteiger partial charge in [-0.1, -0.05) is 0 Å². The lowest BCUT2D eigenvalue weighted by Gasteiger charge is -2.17. The number of amides is 1. The summed E-state index contributed by atoms with van der Waals surface area (Å²) in [7, 11) is 0. The molecule has 1 aromatic rings. The molecule has 1 aromatic carbocycles. The Morgan fingerprint density at radius 3 is 2.38 bits per heavy atom. The maximum absolute atomic E-state index is 13.3. The number of nitrogen functional groups attached to an aromatic ring is 1. The van der Waals surface area contributed by atoms with Gasteiger partial charge in [0.25, 0.3) is 0 Å². The Balaban J connectivity index is 3.22. The van der Waals surface area contributed by atoms with Crippen molar-refractivity contribution in [2.75, 3.05) is 5.73 Å². The number of benzene rings is 1. The van der Waals surface area contributed by atoms with Gasteiger partial charge < -0.3 is 21.7 Å². The number of carbonyl (C=O) groups excluding carboxylic acids is 1. The lowest BCUT2D eigenvalue weighted by atomic mass is 10.0. The van der Waals surface area contributed by atoms with Crippen molar-refractivity contribution in [3.8, 4) is 0 Å². The minimum atomic E-state index is -2.11. The first-order valence-corrected chi connectivity index (χ1v) is 4.25. The number of hydrogen-bond donors (Lipinski definition) is 4. The van der Waals surface area contributed by atoms with Crippen LogP contribution in [-0.4, -0.2) is 22.2 Å². The minimum Gasteiger partial charge on any atom is -0.396 e. The second kappa shape index (κ2) is 4.42. The zero-order valence-corrected chi connectivity index (χ0v) is 8.02. The Morgan fingerprint density at radius 2 is 1.88 bits per heavy atom. The highest BCUT2D eigenvalue weighted by atomic mass is 19.1. The van der Waals surface area contributed by atoms with Gasteiger partial charge in [0.2, 0.25) is 5.91 Å². The van der Waals surface area contributed by atoms with E-state index in [1.807, 2.05) is 0 Å². The predicted octanol–water partition coefficient (Wildman–Crippen LogP) is -0.573. The zero-order chi connectivity index (χ0) is 12.5. The van der Waals surface area contributed by atoms with Crippen LogP contribution in [0.2, 0.25) is 0 Å². The maximum Gasteiger partial charge on any atom is 0.249 e. The van der Waals surface area contributed by atoms with Crippen LogP contribution in [0.5, 0.6) is 0 Å². The summed E-state index contributed by atoms with van der Waals surface area (Å²) < 4.78 is 26.5. The molecule has 7 heteroatoms. The number of primary amides is 1. The summed E-state index contributed by atoms with van der Waals surface area (Å²) in [6.45, 7) is 0. The molecule has 0 heterocycles. The molecule has 0 spiro atoms. The molecule has 0 fully saturated rings. The van der Waals surface area contributed by atoms with Crippen molar-refractivity contribution < 1.29 is 23.8 Å². The average Bonchev–Trinajstić information content (AvgIpc) is 2.22. The smallest absolute Gasteiger partial charge is 0.249 e. The van der Waals surface area contributed by atoms with Crippen LogP contribution in [0.25, 0.3) is 0 Å². The Morgan fingerprint density at radius 1 is 1.31 bits per heavy atom. The summed E-state index contributed by atoms with van der Waals surface area (Å²) in [5, 5.41) is 18.4. The molecule has 0 bridgehead atoms. The molecule has 2 atom stereocenters.